The Bertz CT molecular complexity index is 977. The third-order valence-corrected chi connectivity index (χ3v) is 5.53. The number of para-hydroxylation sites is 2. The van der Waals surface area contributed by atoms with Crippen LogP contribution in [-0.2, 0) is 21.1 Å². The van der Waals surface area contributed by atoms with Gasteiger partial charge in [0.2, 0.25) is 0 Å². The Labute approximate surface area is 192 Å². The maximum Gasteiger partial charge on any atom is 0.260 e. The molecule has 4 nitrogen and oxygen atoms in total. The molecule has 0 spiro atoms. The molecule has 0 bridgehead atoms. The van der Waals surface area contributed by atoms with Crippen molar-refractivity contribution in [1.29, 1.82) is 0 Å². The molecular formula is C24H22BN4Pt-3. The van der Waals surface area contributed by atoms with Crippen LogP contribution in [0.1, 0.15) is 19.3 Å². The first-order chi connectivity index (χ1) is 14.4. The molecule has 0 saturated carbocycles. The molecule has 0 unspecified atom stereocenters. The fourth-order valence-electron chi connectivity index (χ4n) is 4.10. The van der Waals surface area contributed by atoms with Crippen LogP contribution in [0.3, 0.4) is 0 Å². The number of benzene rings is 2. The second-order valence-corrected chi connectivity index (χ2v) is 7.46. The quantitative estimate of drug-likeness (QED) is 0.238. The van der Waals surface area contributed by atoms with Gasteiger partial charge in [-0.3, -0.25) is 4.68 Å². The maximum absolute atomic E-state index is 4.89. The molecule has 0 atom stereocenters. The number of anilines is 2. The van der Waals surface area contributed by atoms with Crippen LogP contribution in [0.4, 0.5) is 11.5 Å². The molecule has 1 aliphatic heterocycles. The number of aromatic nitrogens is 3. The van der Waals surface area contributed by atoms with E-state index in [0.29, 0.717) is 6.85 Å². The maximum atomic E-state index is 4.89. The van der Waals surface area contributed by atoms with Crippen molar-refractivity contribution in [3.63, 3.8) is 0 Å². The van der Waals surface area contributed by atoms with Gasteiger partial charge in [0.05, 0.1) is 0 Å². The summed E-state index contributed by atoms with van der Waals surface area (Å²) in [5.41, 5.74) is 2.99. The summed E-state index contributed by atoms with van der Waals surface area (Å²) in [6.45, 7) is 0.443. The molecule has 154 valence electrons. The van der Waals surface area contributed by atoms with Gasteiger partial charge in [0.25, 0.3) is 6.85 Å². The van der Waals surface area contributed by atoms with Crippen molar-refractivity contribution in [2.24, 2.45) is 0 Å². The molecule has 4 aromatic rings. The van der Waals surface area contributed by atoms with Crippen LogP contribution in [0, 0.1) is 18.3 Å². The van der Waals surface area contributed by atoms with E-state index in [0.717, 1.165) is 22.9 Å². The van der Waals surface area contributed by atoms with E-state index < -0.39 is 0 Å². The second kappa shape index (κ2) is 9.53. The fourth-order valence-corrected chi connectivity index (χ4v) is 4.10. The average Bonchev–Trinajstić information content (AvgIpc) is 3.47. The Hall–Kier alpha value is -2.52. The molecule has 30 heavy (non-hydrogen) atoms. The van der Waals surface area contributed by atoms with Crippen molar-refractivity contribution in [1.82, 2.24) is 14.3 Å². The van der Waals surface area contributed by atoms with Gasteiger partial charge in [0.1, 0.15) is 5.82 Å². The van der Waals surface area contributed by atoms with Crippen LogP contribution in [-0.4, -0.2) is 21.2 Å². The standard InChI is InChI=1S/C24H22BN4.Pt/c1-4-10-21(11-5-1)27-18-14-23(20-27)29(25-16-8-3-9-17-25)24-15-19-28(26-24)22-12-6-2-7-13-22;/h1-2,4-7,10,12,14-15,18-19H,3,8-9,16-17H2;/q-3;. The van der Waals surface area contributed by atoms with Crippen LogP contribution in [0.2, 0.25) is 12.6 Å². The molecule has 0 radical (unpaired) electrons. The van der Waals surface area contributed by atoms with Crippen LogP contribution < -0.4 is 4.81 Å². The molecule has 0 aliphatic carbocycles. The van der Waals surface area contributed by atoms with E-state index in [-0.39, 0.29) is 21.1 Å². The van der Waals surface area contributed by atoms with Crippen molar-refractivity contribution >= 4 is 18.4 Å². The summed E-state index contributed by atoms with van der Waals surface area (Å²) in [5.74, 6) is 0.959. The predicted octanol–water partition coefficient (Wildman–Crippen LogP) is 5.37. The Balaban J connectivity index is 0.00000218. The van der Waals surface area contributed by atoms with Crippen molar-refractivity contribution < 1.29 is 21.1 Å². The summed E-state index contributed by atoms with van der Waals surface area (Å²) in [6.07, 6.45) is 13.8. The SMILES string of the molecule is [Pt].[c-]1ccccc1-n1[c-]c(N(B2CCCCC2)c2ccn(-c3[c-]cccc3)n2)cc1. The predicted molar refractivity (Wildman–Crippen MR) is 117 cm³/mol. The second-order valence-electron chi connectivity index (χ2n) is 7.46. The number of rotatable bonds is 5. The van der Waals surface area contributed by atoms with Gasteiger partial charge in [0, 0.05) is 27.3 Å². The van der Waals surface area contributed by atoms with E-state index in [1.807, 2.05) is 64.0 Å². The molecule has 1 saturated heterocycles. The van der Waals surface area contributed by atoms with Crippen LogP contribution in [0.15, 0.2) is 73.1 Å². The summed E-state index contributed by atoms with van der Waals surface area (Å²) in [4.78, 5) is 2.36. The first-order valence-corrected chi connectivity index (χ1v) is 10.3. The number of hydrogen-bond acceptors (Lipinski definition) is 2. The van der Waals surface area contributed by atoms with Gasteiger partial charge < -0.3 is 9.38 Å². The molecule has 2 aromatic carbocycles. The molecule has 1 fully saturated rings. The van der Waals surface area contributed by atoms with Gasteiger partial charge in [-0.1, -0.05) is 31.9 Å². The van der Waals surface area contributed by atoms with Gasteiger partial charge in [-0.25, -0.2) is 6.07 Å². The Morgan fingerprint density at radius 2 is 1.57 bits per heavy atom. The van der Waals surface area contributed by atoms with Crippen molar-refractivity contribution in [2.75, 3.05) is 4.81 Å². The van der Waals surface area contributed by atoms with Crippen LogP contribution in [0.5, 0.6) is 0 Å². The van der Waals surface area contributed by atoms with Crippen LogP contribution >= 0.6 is 0 Å². The summed E-state index contributed by atoms with van der Waals surface area (Å²) in [5, 5.41) is 4.89. The van der Waals surface area contributed by atoms with Crippen molar-refractivity contribution in [3.05, 3.63) is 91.4 Å². The van der Waals surface area contributed by atoms with Crippen molar-refractivity contribution in [2.45, 2.75) is 31.9 Å². The van der Waals surface area contributed by atoms with E-state index in [2.05, 4.69) is 41.5 Å². The van der Waals surface area contributed by atoms with Gasteiger partial charge >= 0.3 is 0 Å². The first-order valence-electron chi connectivity index (χ1n) is 10.3. The van der Waals surface area contributed by atoms with Gasteiger partial charge in [-0.05, 0) is 23.6 Å². The third kappa shape index (κ3) is 4.32. The van der Waals surface area contributed by atoms with E-state index in [4.69, 9.17) is 5.10 Å². The van der Waals surface area contributed by atoms with Gasteiger partial charge in [-0.15, -0.1) is 18.3 Å². The molecule has 0 N–H and O–H groups in total. The number of nitrogens with zero attached hydrogens (tertiary/aromatic N) is 4. The molecule has 1 aliphatic rings. The minimum atomic E-state index is 0. The molecule has 0 amide bonds. The minimum absolute atomic E-state index is 0. The molecule has 3 heterocycles. The Morgan fingerprint density at radius 1 is 0.833 bits per heavy atom. The monoisotopic (exact) mass is 572 g/mol. The number of hydrogen-bond donors (Lipinski definition) is 0. The zero-order valence-corrected chi connectivity index (χ0v) is 18.9. The Morgan fingerprint density at radius 3 is 2.27 bits per heavy atom. The molecule has 2 aromatic heterocycles. The van der Waals surface area contributed by atoms with Gasteiger partial charge in [0.15, 0.2) is 0 Å². The summed E-state index contributed by atoms with van der Waals surface area (Å²) < 4.78 is 3.90. The zero-order valence-electron chi connectivity index (χ0n) is 16.6. The fraction of sp³-hybridized carbons (Fsp3) is 0.208. The van der Waals surface area contributed by atoms with E-state index >= 15 is 0 Å². The Kier molecular flexibility index (Phi) is 6.59. The third-order valence-electron chi connectivity index (χ3n) is 5.53. The smallest absolute Gasteiger partial charge is 0.260 e. The van der Waals surface area contributed by atoms with E-state index in [1.165, 1.54) is 31.9 Å². The zero-order chi connectivity index (χ0) is 19.5. The van der Waals surface area contributed by atoms with Gasteiger partial charge in [-0.2, -0.15) is 59.3 Å². The normalized spacial score (nSPS) is 13.7. The molecule has 5 rings (SSSR count). The minimum Gasteiger partial charge on any atom is -0.470 e. The summed E-state index contributed by atoms with van der Waals surface area (Å²) >= 11 is 0. The largest absolute Gasteiger partial charge is 0.470 e. The summed E-state index contributed by atoms with van der Waals surface area (Å²) in [6, 6.07) is 26.6. The first kappa shape index (κ1) is 20.7. The molecule has 6 heteroatoms. The van der Waals surface area contributed by atoms with Crippen LogP contribution in [0.25, 0.3) is 11.4 Å². The van der Waals surface area contributed by atoms with E-state index in [9.17, 15) is 0 Å². The summed E-state index contributed by atoms with van der Waals surface area (Å²) in [7, 11) is 0. The topological polar surface area (TPSA) is 26.0 Å². The average molecular weight is 572 g/mol. The van der Waals surface area contributed by atoms with E-state index in [1.54, 1.807) is 0 Å². The molecular weight excluding hydrogens is 550 g/mol. The van der Waals surface area contributed by atoms with Crippen molar-refractivity contribution in [3.8, 4) is 11.4 Å².